The van der Waals surface area contributed by atoms with Gasteiger partial charge in [-0.05, 0) is 64.7 Å². The monoisotopic (exact) mass is 375 g/mol. The van der Waals surface area contributed by atoms with Crippen molar-refractivity contribution in [2.75, 3.05) is 39.8 Å². The number of aromatic nitrogens is 1. The predicted octanol–water partition coefficient (Wildman–Crippen LogP) is 2.37. The number of guanidine groups is 1. The van der Waals surface area contributed by atoms with E-state index in [1.165, 1.54) is 45.3 Å². The topological polar surface area (TPSA) is 61.7 Å². The molecule has 1 aromatic heterocycles. The molecular weight excluding hydrogens is 338 g/mol. The Balaban J connectivity index is 1.55. The zero-order valence-corrected chi connectivity index (χ0v) is 17.2. The lowest BCUT2D eigenvalue weighted by atomic mass is 10.2. The Morgan fingerprint density at radius 3 is 2.37 bits per heavy atom. The molecule has 1 aliphatic rings. The third-order valence-corrected chi connectivity index (χ3v) is 5.23. The molecule has 0 aromatic carbocycles. The van der Waals surface area contributed by atoms with Gasteiger partial charge in [-0.3, -0.25) is 9.79 Å². The van der Waals surface area contributed by atoms with E-state index in [0.717, 1.165) is 50.6 Å². The molecule has 0 atom stereocenters. The first kappa shape index (κ1) is 21.5. The van der Waals surface area contributed by atoms with Gasteiger partial charge in [0.05, 0.1) is 0 Å². The highest BCUT2D eigenvalue weighted by molar-refractivity contribution is 5.79. The number of aryl methyl sites for hydroxylation is 1. The van der Waals surface area contributed by atoms with Gasteiger partial charge in [-0.25, -0.2) is 0 Å². The summed E-state index contributed by atoms with van der Waals surface area (Å²) < 4.78 is 1.84. The molecule has 1 saturated heterocycles. The van der Waals surface area contributed by atoms with E-state index in [4.69, 9.17) is 0 Å². The highest BCUT2D eigenvalue weighted by atomic mass is 16.1. The Bertz CT molecular complexity index is 617. The highest BCUT2D eigenvalue weighted by Gasteiger charge is 2.08. The molecule has 1 aromatic rings. The van der Waals surface area contributed by atoms with E-state index in [9.17, 15) is 4.79 Å². The average Bonchev–Trinajstić information content (AvgIpc) is 2.94. The summed E-state index contributed by atoms with van der Waals surface area (Å²) >= 11 is 0. The summed E-state index contributed by atoms with van der Waals surface area (Å²) in [5.41, 5.74) is 1.11. The van der Waals surface area contributed by atoms with Crippen molar-refractivity contribution in [3.63, 3.8) is 0 Å². The Morgan fingerprint density at radius 1 is 1.00 bits per heavy atom. The summed E-state index contributed by atoms with van der Waals surface area (Å²) in [6.45, 7) is 8.27. The van der Waals surface area contributed by atoms with E-state index < -0.39 is 0 Å². The third kappa shape index (κ3) is 8.16. The minimum absolute atomic E-state index is 0.0878. The molecule has 0 spiro atoms. The fraction of sp³-hybridized carbons (Fsp3) is 0.714. The van der Waals surface area contributed by atoms with Crippen LogP contribution in [0.1, 0.15) is 50.6 Å². The Labute approximate surface area is 164 Å². The van der Waals surface area contributed by atoms with Crippen molar-refractivity contribution in [1.29, 1.82) is 0 Å². The summed E-state index contributed by atoms with van der Waals surface area (Å²) in [5, 5.41) is 6.78. The molecule has 6 heteroatoms. The van der Waals surface area contributed by atoms with Crippen molar-refractivity contribution >= 4 is 5.96 Å². The van der Waals surface area contributed by atoms with Gasteiger partial charge in [0.2, 0.25) is 0 Å². The van der Waals surface area contributed by atoms with Gasteiger partial charge in [-0.1, -0.05) is 18.9 Å². The Kier molecular flexibility index (Phi) is 9.98. The number of nitrogens with zero attached hydrogens (tertiary/aromatic N) is 3. The van der Waals surface area contributed by atoms with Crippen LogP contribution in [0.4, 0.5) is 0 Å². The number of pyridine rings is 1. The molecule has 27 heavy (non-hydrogen) atoms. The maximum Gasteiger partial charge on any atom is 0.250 e. The van der Waals surface area contributed by atoms with Crippen LogP contribution < -0.4 is 16.2 Å². The number of aliphatic imine (C=N–C) groups is 1. The van der Waals surface area contributed by atoms with Crippen molar-refractivity contribution in [3.05, 3.63) is 34.2 Å². The maximum atomic E-state index is 11.9. The van der Waals surface area contributed by atoms with Crippen LogP contribution >= 0.6 is 0 Å². The van der Waals surface area contributed by atoms with Crippen LogP contribution in [-0.4, -0.2) is 55.2 Å². The molecule has 0 saturated carbocycles. The van der Waals surface area contributed by atoms with E-state index in [0.29, 0.717) is 0 Å². The fourth-order valence-corrected chi connectivity index (χ4v) is 3.60. The molecule has 0 unspecified atom stereocenters. The SMILES string of the molecule is CN=C(NCCCCn1c(C)cccc1=O)NCCCN1CCCCCC1. The second kappa shape index (κ2) is 12.5. The Hall–Kier alpha value is -1.82. The number of hydrogen-bond donors (Lipinski definition) is 2. The number of hydrogen-bond acceptors (Lipinski definition) is 3. The van der Waals surface area contributed by atoms with Crippen LogP contribution in [-0.2, 0) is 6.54 Å². The molecule has 0 aliphatic carbocycles. The number of unbranched alkanes of at least 4 members (excludes halogenated alkanes) is 1. The first-order valence-corrected chi connectivity index (χ1v) is 10.5. The first-order valence-electron chi connectivity index (χ1n) is 10.5. The zero-order valence-electron chi connectivity index (χ0n) is 17.2. The minimum atomic E-state index is 0.0878. The van der Waals surface area contributed by atoms with E-state index in [1.54, 1.807) is 6.07 Å². The lowest BCUT2D eigenvalue weighted by Gasteiger charge is -2.20. The van der Waals surface area contributed by atoms with Gasteiger partial charge in [0.1, 0.15) is 0 Å². The number of likely N-dealkylation sites (tertiary alicyclic amines) is 1. The normalized spacial score (nSPS) is 16.1. The van der Waals surface area contributed by atoms with Crippen LogP contribution in [0.5, 0.6) is 0 Å². The van der Waals surface area contributed by atoms with Gasteiger partial charge >= 0.3 is 0 Å². The predicted molar refractivity (Wildman–Crippen MR) is 114 cm³/mol. The van der Waals surface area contributed by atoms with Gasteiger partial charge in [-0.2, -0.15) is 0 Å². The van der Waals surface area contributed by atoms with Crippen molar-refractivity contribution in [2.24, 2.45) is 4.99 Å². The molecule has 0 amide bonds. The lowest BCUT2D eigenvalue weighted by Crippen LogP contribution is -2.39. The van der Waals surface area contributed by atoms with Crippen LogP contribution in [0.3, 0.4) is 0 Å². The van der Waals surface area contributed by atoms with Gasteiger partial charge in [0.25, 0.3) is 5.56 Å². The molecular formula is C21H37N5O. The van der Waals surface area contributed by atoms with Crippen molar-refractivity contribution in [2.45, 2.75) is 58.4 Å². The molecule has 1 aliphatic heterocycles. The zero-order chi connectivity index (χ0) is 19.3. The van der Waals surface area contributed by atoms with Crippen LogP contribution in [0, 0.1) is 6.92 Å². The summed E-state index contributed by atoms with van der Waals surface area (Å²) in [4.78, 5) is 18.7. The van der Waals surface area contributed by atoms with E-state index in [1.807, 2.05) is 30.7 Å². The second-order valence-corrected chi connectivity index (χ2v) is 7.40. The smallest absolute Gasteiger partial charge is 0.250 e. The molecule has 0 bridgehead atoms. The standard InChI is InChI=1S/C21H37N5O/c1-19-11-9-12-20(27)26(19)18-8-5-13-23-21(22-2)24-14-10-17-25-15-6-3-4-7-16-25/h9,11-12H,3-8,10,13-18H2,1-2H3,(H2,22,23,24). The largest absolute Gasteiger partial charge is 0.356 e. The quantitative estimate of drug-likeness (QED) is 0.395. The molecule has 2 heterocycles. The minimum Gasteiger partial charge on any atom is -0.356 e. The lowest BCUT2D eigenvalue weighted by molar-refractivity contribution is 0.282. The maximum absolute atomic E-state index is 11.9. The highest BCUT2D eigenvalue weighted by Crippen LogP contribution is 2.09. The summed E-state index contributed by atoms with van der Waals surface area (Å²) in [6, 6.07) is 5.43. The van der Waals surface area contributed by atoms with Crippen molar-refractivity contribution in [1.82, 2.24) is 20.1 Å². The number of nitrogens with one attached hydrogen (secondary N) is 2. The van der Waals surface area contributed by atoms with E-state index in [-0.39, 0.29) is 5.56 Å². The van der Waals surface area contributed by atoms with Crippen LogP contribution in [0.2, 0.25) is 0 Å². The second-order valence-electron chi connectivity index (χ2n) is 7.40. The van der Waals surface area contributed by atoms with Crippen molar-refractivity contribution < 1.29 is 0 Å². The molecule has 0 radical (unpaired) electrons. The average molecular weight is 376 g/mol. The summed E-state index contributed by atoms with van der Waals surface area (Å²) in [7, 11) is 1.82. The van der Waals surface area contributed by atoms with Gasteiger partial charge in [-0.15, -0.1) is 0 Å². The molecule has 2 N–H and O–H groups in total. The summed E-state index contributed by atoms with van der Waals surface area (Å²) in [5.74, 6) is 0.874. The van der Waals surface area contributed by atoms with Gasteiger partial charge < -0.3 is 20.1 Å². The third-order valence-electron chi connectivity index (χ3n) is 5.23. The van der Waals surface area contributed by atoms with E-state index in [2.05, 4.69) is 20.5 Å². The first-order chi connectivity index (χ1) is 13.2. The van der Waals surface area contributed by atoms with Gasteiger partial charge in [0, 0.05) is 38.4 Å². The Morgan fingerprint density at radius 2 is 1.70 bits per heavy atom. The van der Waals surface area contributed by atoms with Gasteiger partial charge in [0.15, 0.2) is 5.96 Å². The summed E-state index contributed by atoms with van der Waals surface area (Å²) in [6.07, 6.45) is 8.63. The molecule has 1 fully saturated rings. The van der Waals surface area contributed by atoms with Crippen LogP contribution in [0.25, 0.3) is 0 Å². The van der Waals surface area contributed by atoms with E-state index >= 15 is 0 Å². The fourth-order valence-electron chi connectivity index (χ4n) is 3.60. The number of rotatable bonds is 9. The molecule has 152 valence electrons. The molecule has 6 nitrogen and oxygen atoms in total. The van der Waals surface area contributed by atoms with Crippen molar-refractivity contribution in [3.8, 4) is 0 Å². The van der Waals surface area contributed by atoms with Crippen LogP contribution in [0.15, 0.2) is 28.0 Å². The molecule has 2 rings (SSSR count).